The molecule has 0 bridgehead atoms. The molecule has 0 aliphatic carbocycles. The van der Waals surface area contributed by atoms with Gasteiger partial charge in [0.15, 0.2) is 0 Å². The maximum absolute atomic E-state index is 11.6. The van der Waals surface area contributed by atoms with Gasteiger partial charge in [0, 0.05) is 13.1 Å². The Morgan fingerprint density at radius 1 is 1.31 bits per heavy atom. The molecule has 0 aromatic carbocycles. The molecular formula is C11H22N2O3. The smallest absolute Gasteiger partial charge is 0.410 e. The summed E-state index contributed by atoms with van der Waals surface area (Å²) in [6.07, 6.45) is -0.377. The number of ether oxygens (including phenoxy) is 1. The largest absolute Gasteiger partial charge is 0.444 e. The van der Waals surface area contributed by atoms with E-state index in [9.17, 15) is 9.90 Å². The predicted molar refractivity (Wildman–Crippen MR) is 61.0 cm³/mol. The van der Waals surface area contributed by atoms with Crippen molar-refractivity contribution in [1.29, 1.82) is 0 Å². The fourth-order valence-corrected chi connectivity index (χ4v) is 1.48. The summed E-state index contributed by atoms with van der Waals surface area (Å²) in [5.41, 5.74) is 3.74. The molecule has 1 rings (SSSR count). The highest BCUT2D eigenvalue weighted by Gasteiger charge is 2.52. The molecule has 0 aromatic heterocycles. The van der Waals surface area contributed by atoms with E-state index < -0.39 is 16.7 Å². The topological polar surface area (TPSA) is 75.8 Å². The van der Waals surface area contributed by atoms with Crippen molar-refractivity contribution in [3.63, 3.8) is 0 Å². The Balaban J connectivity index is 2.51. The van der Waals surface area contributed by atoms with Crippen LogP contribution in [-0.4, -0.2) is 45.9 Å². The third-order valence-corrected chi connectivity index (χ3v) is 2.82. The monoisotopic (exact) mass is 230 g/mol. The van der Waals surface area contributed by atoms with Crippen LogP contribution in [0.15, 0.2) is 0 Å². The van der Waals surface area contributed by atoms with Crippen LogP contribution in [0.5, 0.6) is 0 Å². The molecule has 1 amide bonds. The Hall–Kier alpha value is -0.810. The molecule has 1 saturated heterocycles. The first-order chi connectivity index (χ1) is 6.95. The van der Waals surface area contributed by atoms with Crippen molar-refractivity contribution in [1.82, 2.24) is 4.90 Å². The molecule has 3 N–H and O–H groups in total. The SMILES string of the molecule is CC(C)(C)OC(=O)N1CC(N)(C(C)(C)O)C1. The lowest BCUT2D eigenvalue weighted by Gasteiger charge is -2.53. The number of hydrogen-bond donors (Lipinski definition) is 2. The van der Waals surface area contributed by atoms with Crippen LogP contribution in [0.4, 0.5) is 4.79 Å². The fraction of sp³-hybridized carbons (Fsp3) is 0.909. The molecule has 94 valence electrons. The molecule has 0 aromatic rings. The van der Waals surface area contributed by atoms with Crippen LogP contribution in [0.1, 0.15) is 34.6 Å². The number of rotatable bonds is 1. The molecule has 1 heterocycles. The van der Waals surface area contributed by atoms with E-state index in [0.29, 0.717) is 13.1 Å². The van der Waals surface area contributed by atoms with E-state index in [1.165, 1.54) is 4.90 Å². The first-order valence-electron chi connectivity index (χ1n) is 5.44. The number of nitrogens with zero attached hydrogens (tertiary/aromatic N) is 1. The Bertz CT molecular complexity index is 283. The minimum Gasteiger partial charge on any atom is -0.444 e. The molecule has 0 radical (unpaired) electrons. The normalized spacial score (nSPS) is 20.3. The minimum absolute atomic E-state index is 0.325. The van der Waals surface area contributed by atoms with Gasteiger partial charge in [-0.3, -0.25) is 0 Å². The molecule has 1 fully saturated rings. The highest BCUT2D eigenvalue weighted by Crippen LogP contribution is 2.30. The Labute approximate surface area is 96.6 Å². The summed E-state index contributed by atoms with van der Waals surface area (Å²) >= 11 is 0. The zero-order valence-corrected chi connectivity index (χ0v) is 10.7. The summed E-state index contributed by atoms with van der Waals surface area (Å²) in [6.45, 7) is 9.40. The molecule has 0 unspecified atom stereocenters. The Morgan fingerprint density at radius 2 is 1.75 bits per heavy atom. The number of likely N-dealkylation sites (tertiary alicyclic amines) is 1. The lowest BCUT2D eigenvalue weighted by molar-refractivity contribution is -0.0851. The number of aliphatic hydroxyl groups is 1. The van der Waals surface area contributed by atoms with E-state index in [0.717, 1.165) is 0 Å². The number of hydrogen-bond acceptors (Lipinski definition) is 4. The Kier molecular flexibility index (Phi) is 2.98. The van der Waals surface area contributed by atoms with Crippen molar-refractivity contribution in [2.45, 2.75) is 51.4 Å². The third-order valence-electron chi connectivity index (χ3n) is 2.82. The van der Waals surface area contributed by atoms with Gasteiger partial charge >= 0.3 is 6.09 Å². The summed E-state index contributed by atoms with van der Waals surface area (Å²) in [7, 11) is 0. The Morgan fingerprint density at radius 3 is 2.06 bits per heavy atom. The van der Waals surface area contributed by atoms with Crippen LogP contribution in [0, 0.1) is 0 Å². The van der Waals surface area contributed by atoms with Crippen LogP contribution in [0.2, 0.25) is 0 Å². The maximum atomic E-state index is 11.6. The average Bonchev–Trinajstić information content (AvgIpc) is 1.92. The quantitative estimate of drug-likeness (QED) is 0.695. The van der Waals surface area contributed by atoms with Crippen molar-refractivity contribution in [2.24, 2.45) is 5.73 Å². The average molecular weight is 230 g/mol. The van der Waals surface area contributed by atoms with Crippen LogP contribution < -0.4 is 5.73 Å². The van der Waals surface area contributed by atoms with E-state index >= 15 is 0 Å². The van der Waals surface area contributed by atoms with Crippen LogP contribution in [-0.2, 0) is 4.74 Å². The van der Waals surface area contributed by atoms with E-state index in [1.54, 1.807) is 13.8 Å². The van der Waals surface area contributed by atoms with E-state index in [4.69, 9.17) is 10.5 Å². The first kappa shape index (κ1) is 13.3. The molecule has 5 heteroatoms. The van der Waals surface area contributed by atoms with Gasteiger partial charge in [-0.25, -0.2) is 4.79 Å². The molecule has 1 aliphatic heterocycles. The van der Waals surface area contributed by atoms with Gasteiger partial charge in [0.1, 0.15) is 5.60 Å². The number of carbonyl (C=O) groups excluding carboxylic acids is 1. The van der Waals surface area contributed by atoms with Crippen LogP contribution >= 0.6 is 0 Å². The van der Waals surface area contributed by atoms with E-state index in [1.807, 2.05) is 20.8 Å². The van der Waals surface area contributed by atoms with Crippen LogP contribution in [0.3, 0.4) is 0 Å². The molecule has 16 heavy (non-hydrogen) atoms. The zero-order chi connectivity index (χ0) is 12.8. The van der Waals surface area contributed by atoms with Gasteiger partial charge in [0.25, 0.3) is 0 Å². The van der Waals surface area contributed by atoms with Crippen molar-refractivity contribution in [3.05, 3.63) is 0 Å². The van der Waals surface area contributed by atoms with Crippen molar-refractivity contribution >= 4 is 6.09 Å². The fourth-order valence-electron chi connectivity index (χ4n) is 1.48. The number of nitrogens with two attached hydrogens (primary N) is 1. The van der Waals surface area contributed by atoms with Gasteiger partial charge in [-0.15, -0.1) is 0 Å². The molecule has 0 spiro atoms. The van der Waals surface area contributed by atoms with Gasteiger partial charge in [-0.05, 0) is 34.6 Å². The highest BCUT2D eigenvalue weighted by atomic mass is 16.6. The summed E-state index contributed by atoms with van der Waals surface area (Å²) in [5.74, 6) is 0. The minimum atomic E-state index is -0.995. The molecular weight excluding hydrogens is 208 g/mol. The highest BCUT2D eigenvalue weighted by molar-refractivity contribution is 5.70. The first-order valence-corrected chi connectivity index (χ1v) is 5.44. The molecule has 1 aliphatic rings. The number of amides is 1. The van der Waals surface area contributed by atoms with Gasteiger partial charge in [-0.1, -0.05) is 0 Å². The summed E-state index contributed by atoms with van der Waals surface area (Å²) in [5, 5.41) is 9.83. The summed E-state index contributed by atoms with van der Waals surface area (Å²) in [4.78, 5) is 13.1. The molecule has 0 atom stereocenters. The van der Waals surface area contributed by atoms with E-state index in [2.05, 4.69) is 0 Å². The van der Waals surface area contributed by atoms with Crippen molar-refractivity contribution in [2.75, 3.05) is 13.1 Å². The summed E-state index contributed by atoms with van der Waals surface area (Å²) in [6, 6.07) is 0. The lowest BCUT2D eigenvalue weighted by Crippen LogP contribution is -2.77. The second-order valence-electron chi connectivity index (χ2n) is 6.05. The summed E-state index contributed by atoms with van der Waals surface area (Å²) < 4.78 is 5.20. The second-order valence-corrected chi connectivity index (χ2v) is 6.05. The second kappa shape index (κ2) is 3.60. The van der Waals surface area contributed by atoms with Gasteiger partial charge in [-0.2, -0.15) is 0 Å². The van der Waals surface area contributed by atoms with Gasteiger partial charge < -0.3 is 20.5 Å². The van der Waals surface area contributed by atoms with Crippen molar-refractivity contribution in [3.8, 4) is 0 Å². The number of carbonyl (C=O) groups is 1. The molecule has 5 nitrogen and oxygen atoms in total. The third kappa shape index (κ3) is 2.65. The standard InChI is InChI=1S/C11H22N2O3/c1-9(2,3)16-8(14)13-6-11(12,7-13)10(4,5)15/h15H,6-7,12H2,1-5H3. The predicted octanol–water partition coefficient (Wildman–Crippen LogP) is 0.706. The van der Waals surface area contributed by atoms with Crippen molar-refractivity contribution < 1.29 is 14.6 Å². The molecule has 0 saturated carbocycles. The van der Waals surface area contributed by atoms with Crippen LogP contribution in [0.25, 0.3) is 0 Å². The maximum Gasteiger partial charge on any atom is 0.410 e. The van der Waals surface area contributed by atoms with Gasteiger partial charge in [0.05, 0.1) is 11.1 Å². The van der Waals surface area contributed by atoms with Gasteiger partial charge in [0.2, 0.25) is 0 Å². The lowest BCUT2D eigenvalue weighted by atomic mass is 9.77. The van der Waals surface area contributed by atoms with E-state index in [-0.39, 0.29) is 6.09 Å². The zero-order valence-electron chi connectivity index (χ0n) is 10.7.